The number of halogens is 5. The maximum absolute atomic E-state index is 13.5. The van der Waals surface area contributed by atoms with Crippen molar-refractivity contribution in [2.75, 3.05) is 11.5 Å². The van der Waals surface area contributed by atoms with E-state index in [1.165, 1.54) is 0 Å². The van der Waals surface area contributed by atoms with Gasteiger partial charge in [-0.2, -0.15) is 4.98 Å². The van der Waals surface area contributed by atoms with E-state index in [2.05, 4.69) is 9.97 Å². The Labute approximate surface area is 102 Å². The number of rotatable bonds is 1. The van der Waals surface area contributed by atoms with Crippen LogP contribution in [-0.2, 0) is 0 Å². The molecule has 0 aliphatic rings. The normalized spacial score (nSPS) is 10.8. The van der Waals surface area contributed by atoms with Gasteiger partial charge in [-0.15, -0.1) is 0 Å². The van der Waals surface area contributed by atoms with Crippen LogP contribution in [0.2, 0.25) is 0 Å². The molecule has 0 bridgehead atoms. The third-order valence-electron chi connectivity index (χ3n) is 2.32. The Morgan fingerprint density at radius 3 is 1.74 bits per heavy atom. The minimum absolute atomic E-state index is 0.301. The van der Waals surface area contributed by atoms with Crippen molar-refractivity contribution in [3.8, 4) is 11.1 Å². The van der Waals surface area contributed by atoms with Gasteiger partial charge in [0.15, 0.2) is 23.3 Å². The fourth-order valence-corrected chi connectivity index (χ4v) is 1.44. The standard InChI is InChI=1S/C10H5F5N4/c11-4-3(2-1-18-10(17)19-9(2)16)5(12)7(14)8(15)6(4)13/h1H,(H4,16,17,18,19). The molecule has 0 aliphatic carbocycles. The summed E-state index contributed by atoms with van der Waals surface area (Å²) in [6, 6.07) is 0. The predicted molar refractivity (Wildman–Crippen MR) is 56.1 cm³/mol. The van der Waals surface area contributed by atoms with Gasteiger partial charge in [-0.1, -0.05) is 0 Å². The Bertz CT molecular complexity index is 644. The van der Waals surface area contributed by atoms with E-state index < -0.39 is 46.0 Å². The largest absolute Gasteiger partial charge is 0.383 e. The molecule has 0 aliphatic heterocycles. The van der Waals surface area contributed by atoms with Gasteiger partial charge in [0.25, 0.3) is 0 Å². The summed E-state index contributed by atoms with van der Waals surface area (Å²) in [5, 5.41) is 0. The fraction of sp³-hybridized carbons (Fsp3) is 0. The average molecular weight is 276 g/mol. The van der Waals surface area contributed by atoms with Gasteiger partial charge in [0.2, 0.25) is 11.8 Å². The van der Waals surface area contributed by atoms with Crippen LogP contribution >= 0.6 is 0 Å². The quantitative estimate of drug-likeness (QED) is 0.474. The van der Waals surface area contributed by atoms with Gasteiger partial charge < -0.3 is 11.5 Å². The van der Waals surface area contributed by atoms with E-state index in [4.69, 9.17) is 11.5 Å². The number of nitrogens with zero attached hydrogens (tertiary/aromatic N) is 2. The fourth-order valence-electron chi connectivity index (χ4n) is 1.44. The molecule has 4 nitrogen and oxygen atoms in total. The molecule has 100 valence electrons. The molecule has 2 aromatic rings. The smallest absolute Gasteiger partial charge is 0.221 e. The van der Waals surface area contributed by atoms with Crippen molar-refractivity contribution in [1.29, 1.82) is 0 Å². The molecule has 1 heterocycles. The number of anilines is 2. The summed E-state index contributed by atoms with van der Waals surface area (Å²) < 4.78 is 65.9. The maximum atomic E-state index is 13.5. The number of nitrogens with two attached hydrogens (primary N) is 2. The minimum Gasteiger partial charge on any atom is -0.383 e. The van der Waals surface area contributed by atoms with Crippen molar-refractivity contribution < 1.29 is 22.0 Å². The van der Waals surface area contributed by atoms with Gasteiger partial charge in [0, 0.05) is 11.8 Å². The van der Waals surface area contributed by atoms with E-state index in [1.54, 1.807) is 0 Å². The van der Waals surface area contributed by atoms with Crippen LogP contribution in [-0.4, -0.2) is 9.97 Å². The minimum atomic E-state index is -2.26. The topological polar surface area (TPSA) is 77.8 Å². The van der Waals surface area contributed by atoms with Crippen molar-refractivity contribution in [1.82, 2.24) is 9.97 Å². The molecule has 4 N–H and O–H groups in total. The first-order valence-electron chi connectivity index (χ1n) is 4.74. The molecule has 9 heteroatoms. The summed E-state index contributed by atoms with van der Waals surface area (Å²) in [7, 11) is 0. The molecule has 0 fully saturated rings. The monoisotopic (exact) mass is 276 g/mol. The van der Waals surface area contributed by atoms with Gasteiger partial charge in [-0.3, -0.25) is 0 Å². The lowest BCUT2D eigenvalue weighted by Gasteiger charge is -2.09. The van der Waals surface area contributed by atoms with Crippen LogP contribution in [0.3, 0.4) is 0 Å². The Balaban J connectivity index is 2.83. The molecule has 0 saturated heterocycles. The third kappa shape index (κ3) is 1.92. The lowest BCUT2D eigenvalue weighted by atomic mass is 10.1. The summed E-state index contributed by atoms with van der Waals surface area (Å²) in [6.45, 7) is 0. The molecule has 1 aromatic carbocycles. The van der Waals surface area contributed by atoms with Crippen LogP contribution in [0, 0.1) is 29.1 Å². The molecule has 2 rings (SSSR count). The van der Waals surface area contributed by atoms with Crippen molar-refractivity contribution in [3.05, 3.63) is 35.3 Å². The van der Waals surface area contributed by atoms with Gasteiger partial charge in [0.05, 0.1) is 5.56 Å². The van der Waals surface area contributed by atoms with Gasteiger partial charge in [-0.25, -0.2) is 26.9 Å². The summed E-state index contributed by atoms with van der Waals surface area (Å²) in [5.41, 5.74) is 8.75. The second-order valence-corrected chi connectivity index (χ2v) is 3.47. The van der Waals surface area contributed by atoms with Gasteiger partial charge in [0.1, 0.15) is 5.82 Å². The van der Waals surface area contributed by atoms with E-state index in [9.17, 15) is 22.0 Å². The zero-order valence-corrected chi connectivity index (χ0v) is 9.02. The van der Waals surface area contributed by atoms with Gasteiger partial charge >= 0.3 is 0 Å². The van der Waals surface area contributed by atoms with E-state index in [-0.39, 0.29) is 5.95 Å². The molecular weight excluding hydrogens is 271 g/mol. The molecular formula is C10H5F5N4. The van der Waals surface area contributed by atoms with Crippen LogP contribution in [0.5, 0.6) is 0 Å². The second-order valence-electron chi connectivity index (χ2n) is 3.47. The van der Waals surface area contributed by atoms with Gasteiger partial charge in [-0.05, 0) is 0 Å². The number of hydrogen-bond acceptors (Lipinski definition) is 4. The SMILES string of the molecule is Nc1ncc(-c2c(F)c(F)c(F)c(F)c2F)c(N)n1. The highest BCUT2D eigenvalue weighted by molar-refractivity contribution is 5.74. The summed E-state index contributed by atoms with van der Waals surface area (Å²) >= 11 is 0. The first kappa shape index (κ1) is 13.0. The van der Waals surface area contributed by atoms with E-state index in [0.717, 1.165) is 6.20 Å². The number of aromatic nitrogens is 2. The summed E-state index contributed by atoms with van der Waals surface area (Å²) in [5.74, 6) is -11.3. The Morgan fingerprint density at radius 2 is 1.26 bits per heavy atom. The van der Waals surface area contributed by atoms with Crippen LogP contribution in [0.4, 0.5) is 33.7 Å². The molecule has 19 heavy (non-hydrogen) atoms. The Hall–Kier alpha value is -2.45. The highest BCUT2D eigenvalue weighted by Crippen LogP contribution is 2.33. The first-order valence-corrected chi connectivity index (χ1v) is 4.74. The Kier molecular flexibility index (Phi) is 2.97. The third-order valence-corrected chi connectivity index (χ3v) is 2.32. The molecule has 0 spiro atoms. The molecule has 0 saturated carbocycles. The zero-order chi connectivity index (χ0) is 14.3. The summed E-state index contributed by atoms with van der Waals surface area (Å²) in [4.78, 5) is 6.78. The number of benzene rings is 1. The average Bonchev–Trinajstić information content (AvgIpc) is 2.37. The number of nitrogen functional groups attached to an aromatic ring is 2. The lowest BCUT2D eigenvalue weighted by Crippen LogP contribution is -2.07. The lowest BCUT2D eigenvalue weighted by molar-refractivity contribution is 0.381. The molecule has 1 aromatic heterocycles. The van der Waals surface area contributed by atoms with E-state index in [1.807, 2.05) is 0 Å². The molecule has 0 amide bonds. The highest BCUT2D eigenvalue weighted by atomic mass is 19.2. The summed E-state index contributed by atoms with van der Waals surface area (Å²) in [6.07, 6.45) is 0.774. The molecule has 0 radical (unpaired) electrons. The van der Waals surface area contributed by atoms with Crippen molar-refractivity contribution in [3.63, 3.8) is 0 Å². The van der Waals surface area contributed by atoms with Crippen molar-refractivity contribution in [2.45, 2.75) is 0 Å². The molecule has 0 unspecified atom stereocenters. The number of hydrogen-bond donors (Lipinski definition) is 2. The predicted octanol–water partition coefficient (Wildman–Crippen LogP) is 2.00. The maximum Gasteiger partial charge on any atom is 0.221 e. The first-order chi connectivity index (χ1) is 8.84. The van der Waals surface area contributed by atoms with Crippen molar-refractivity contribution >= 4 is 11.8 Å². The van der Waals surface area contributed by atoms with Crippen LogP contribution < -0.4 is 11.5 Å². The zero-order valence-electron chi connectivity index (χ0n) is 9.02. The van der Waals surface area contributed by atoms with Crippen LogP contribution in [0.1, 0.15) is 0 Å². The van der Waals surface area contributed by atoms with E-state index in [0.29, 0.717) is 0 Å². The Morgan fingerprint density at radius 1 is 0.789 bits per heavy atom. The molecule has 0 atom stereocenters. The highest BCUT2D eigenvalue weighted by Gasteiger charge is 2.28. The van der Waals surface area contributed by atoms with Crippen LogP contribution in [0.25, 0.3) is 11.1 Å². The second kappa shape index (κ2) is 4.34. The van der Waals surface area contributed by atoms with Crippen LogP contribution in [0.15, 0.2) is 6.20 Å². The van der Waals surface area contributed by atoms with Crippen molar-refractivity contribution in [2.24, 2.45) is 0 Å². The van der Waals surface area contributed by atoms with E-state index >= 15 is 0 Å².